The summed E-state index contributed by atoms with van der Waals surface area (Å²) in [5, 5.41) is 10.7. The van der Waals surface area contributed by atoms with Crippen LogP contribution in [0.3, 0.4) is 0 Å². The fourth-order valence-electron chi connectivity index (χ4n) is 1.21. The number of alkyl halides is 2. The van der Waals surface area contributed by atoms with E-state index >= 15 is 0 Å². The Morgan fingerprint density at radius 1 is 1.40 bits per heavy atom. The number of sulfonamides is 1. The van der Waals surface area contributed by atoms with Gasteiger partial charge in [-0.25, -0.2) is 26.3 Å². The number of nitro benzene ring substituents is 1. The van der Waals surface area contributed by atoms with Crippen LogP contribution < -0.4 is 10.5 Å². The van der Waals surface area contributed by atoms with Crippen LogP contribution in [-0.4, -0.2) is 32.4 Å². The highest BCUT2D eigenvalue weighted by atomic mass is 32.2. The zero-order valence-electron chi connectivity index (χ0n) is 9.85. The minimum Gasteiger partial charge on any atom is -0.325 e. The number of halogens is 3. The van der Waals surface area contributed by atoms with Gasteiger partial charge in [0, 0.05) is 0 Å². The monoisotopic (exact) mass is 313 g/mol. The summed E-state index contributed by atoms with van der Waals surface area (Å²) in [6.45, 7) is -2.42. The van der Waals surface area contributed by atoms with E-state index in [0.29, 0.717) is 18.2 Å². The molecule has 3 N–H and O–H groups in total. The predicted octanol–water partition coefficient (Wildman–Crippen LogP) is 0.606. The lowest BCUT2D eigenvalue weighted by molar-refractivity contribution is -0.388. The molecule has 0 aromatic heterocycles. The summed E-state index contributed by atoms with van der Waals surface area (Å²) >= 11 is 0. The Balaban J connectivity index is 3.13. The highest BCUT2D eigenvalue weighted by molar-refractivity contribution is 7.89. The van der Waals surface area contributed by atoms with Gasteiger partial charge in [0.15, 0.2) is 4.90 Å². The van der Waals surface area contributed by atoms with Crippen LogP contribution in [0.2, 0.25) is 0 Å². The molecule has 112 valence electrons. The molecule has 0 atom stereocenters. The van der Waals surface area contributed by atoms with Crippen LogP contribution in [0.15, 0.2) is 23.1 Å². The van der Waals surface area contributed by atoms with E-state index in [0.717, 1.165) is 0 Å². The van der Waals surface area contributed by atoms with Gasteiger partial charge in [0.25, 0.3) is 11.6 Å². The third-order valence-electron chi connectivity index (χ3n) is 2.23. The number of hydrogen-bond acceptors (Lipinski definition) is 5. The average molecular weight is 313 g/mol. The van der Waals surface area contributed by atoms with E-state index in [2.05, 4.69) is 0 Å². The molecule has 1 rings (SSSR count). The number of rotatable bonds is 6. The number of nitrogens with zero attached hydrogens (tertiary/aromatic N) is 1. The van der Waals surface area contributed by atoms with Crippen molar-refractivity contribution in [3.05, 3.63) is 34.1 Å². The average Bonchev–Trinajstić information content (AvgIpc) is 2.36. The summed E-state index contributed by atoms with van der Waals surface area (Å²) in [6, 6.07) is 1.68. The molecule has 0 aliphatic carbocycles. The van der Waals surface area contributed by atoms with Crippen LogP contribution in [0, 0.1) is 15.9 Å². The van der Waals surface area contributed by atoms with Gasteiger partial charge in [-0.05, 0) is 12.1 Å². The number of hydrogen-bond donors (Lipinski definition) is 2. The molecule has 0 saturated heterocycles. The molecule has 1 aromatic rings. The van der Waals surface area contributed by atoms with Gasteiger partial charge in [-0.2, -0.15) is 0 Å². The predicted molar refractivity (Wildman–Crippen MR) is 62.2 cm³/mol. The third kappa shape index (κ3) is 3.88. The van der Waals surface area contributed by atoms with Gasteiger partial charge in [0.2, 0.25) is 10.0 Å². The summed E-state index contributed by atoms with van der Waals surface area (Å²) in [5.41, 5.74) is 3.68. The summed E-state index contributed by atoms with van der Waals surface area (Å²) in [7, 11) is -4.59. The molecule has 0 heterocycles. The van der Waals surface area contributed by atoms with Crippen LogP contribution in [0.4, 0.5) is 18.9 Å². The van der Waals surface area contributed by atoms with Crippen molar-refractivity contribution in [2.45, 2.75) is 10.8 Å². The second-order valence-corrected chi connectivity index (χ2v) is 5.49. The van der Waals surface area contributed by atoms with E-state index in [4.69, 9.17) is 5.73 Å². The first-order chi connectivity index (χ1) is 9.09. The zero-order chi connectivity index (χ0) is 15.6. The molecule has 0 saturated carbocycles. The molecule has 0 amide bonds. The normalized spacial score (nSPS) is 12.4. The van der Waals surface area contributed by atoms with E-state index in [1.807, 2.05) is 0 Å². The molecule has 11 heteroatoms. The lowest BCUT2D eigenvalue weighted by atomic mass is 10.3. The fraction of sp³-hybridized carbons (Fsp3) is 0.333. The molecule has 20 heavy (non-hydrogen) atoms. The maximum Gasteiger partial charge on any atom is 0.292 e. The number of benzene rings is 1. The van der Waals surface area contributed by atoms with Gasteiger partial charge in [0.05, 0.1) is 24.1 Å². The first-order valence-electron chi connectivity index (χ1n) is 5.10. The van der Waals surface area contributed by atoms with Crippen molar-refractivity contribution < 1.29 is 26.5 Å². The molecule has 0 radical (unpaired) electrons. The molecule has 0 bridgehead atoms. The summed E-state index contributed by atoms with van der Waals surface area (Å²) in [6.07, 6.45) is 0. The topological polar surface area (TPSA) is 115 Å². The van der Waals surface area contributed by atoms with Crippen molar-refractivity contribution in [2.75, 3.05) is 13.1 Å². The minimum absolute atomic E-state index is 0.385. The van der Waals surface area contributed by atoms with Gasteiger partial charge < -0.3 is 5.73 Å². The lowest BCUT2D eigenvalue weighted by Crippen LogP contribution is -2.41. The third-order valence-corrected chi connectivity index (χ3v) is 3.68. The molecule has 0 fully saturated rings. The Kier molecular flexibility index (Phi) is 4.68. The molecular formula is C9H10F3N3O4S. The number of nitrogens with two attached hydrogens (primary N) is 1. The Labute approximate surface area is 111 Å². The number of nitro groups is 1. The van der Waals surface area contributed by atoms with Gasteiger partial charge in [-0.1, -0.05) is 0 Å². The second-order valence-electron chi connectivity index (χ2n) is 3.75. The van der Waals surface area contributed by atoms with Crippen molar-refractivity contribution >= 4 is 15.7 Å². The van der Waals surface area contributed by atoms with Crippen molar-refractivity contribution in [1.82, 2.24) is 4.72 Å². The van der Waals surface area contributed by atoms with Gasteiger partial charge in [0.1, 0.15) is 5.82 Å². The maximum atomic E-state index is 12.9. The molecule has 0 spiro atoms. The molecule has 0 aliphatic rings. The van der Waals surface area contributed by atoms with Crippen molar-refractivity contribution in [3.8, 4) is 0 Å². The van der Waals surface area contributed by atoms with E-state index in [9.17, 15) is 31.7 Å². The number of nitrogens with one attached hydrogen (secondary N) is 1. The Bertz CT molecular complexity index is 621. The van der Waals surface area contributed by atoms with Crippen LogP contribution >= 0.6 is 0 Å². The van der Waals surface area contributed by atoms with Gasteiger partial charge >= 0.3 is 0 Å². The van der Waals surface area contributed by atoms with Crippen LogP contribution in [0.25, 0.3) is 0 Å². The Hall–Kier alpha value is -1.72. The highest BCUT2D eigenvalue weighted by Gasteiger charge is 2.32. The first-order valence-corrected chi connectivity index (χ1v) is 6.59. The first kappa shape index (κ1) is 16.3. The van der Waals surface area contributed by atoms with Crippen molar-refractivity contribution in [1.29, 1.82) is 0 Å². The minimum atomic E-state index is -4.59. The van der Waals surface area contributed by atoms with E-state index in [1.165, 1.54) is 4.72 Å². The molecule has 0 unspecified atom stereocenters. The van der Waals surface area contributed by atoms with E-state index in [-0.39, 0.29) is 0 Å². The lowest BCUT2D eigenvalue weighted by Gasteiger charge is -2.14. The second kappa shape index (κ2) is 5.73. The van der Waals surface area contributed by atoms with Crippen molar-refractivity contribution in [2.24, 2.45) is 5.73 Å². The molecule has 0 aliphatic heterocycles. The van der Waals surface area contributed by atoms with Crippen LogP contribution in [0.1, 0.15) is 0 Å². The molecular weight excluding hydrogens is 303 g/mol. The quantitative estimate of drug-likeness (QED) is 0.589. The van der Waals surface area contributed by atoms with Gasteiger partial charge in [-0.3, -0.25) is 10.1 Å². The Morgan fingerprint density at radius 3 is 2.50 bits per heavy atom. The molecule has 1 aromatic carbocycles. The largest absolute Gasteiger partial charge is 0.325 e. The highest BCUT2D eigenvalue weighted by Crippen LogP contribution is 2.24. The Morgan fingerprint density at radius 2 is 2.00 bits per heavy atom. The molecule has 7 nitrogen and oxygen atoms in total. The summed E-state index contributed by atoms with van der Waals surface area (Å²) in [4.78, 5) is 8.62. The fourth-order valence-corrected chi connectivity index (χ4v) is 2.42. The summed E-state index contributed by atoms with van der Waals surface area (Å²) < 4.78 is 63.6. The smallest absolute Gasteiger partial charge is 0.292 e. The van der Waals surface area contributed by atoms with E-state index in [1.54, 1.807) is 0 Å². The maximum absolute atomic E-state index is 12.9. The van der Waals surface area contributed by atoms with E-state index < -0.39 is 50.4 Å². The standard InChI is InChI=1S/C9H10F3N3O4S/c10-6-1-2-8(7(3-6)15(16)17)20(18,19)14-5-9(11,12)4-13/h1-3,14H,4-5,13H2. The van der Waals surface area contributed by atoms with Crippen LogP contribution in [0.5, 0.6) is 0 Å². The van der Waals surface area contributed by atoms with Crippen molar-refractivity contribution in [3.63, 3.8) is 0 Å². The van der Waals surface area contributed by atoms with Gasteiger partial charge in [-0.15, -0.1) is 0 Å². The van der Waals surface area contributed by atoms with Crippen LogP contribution in [-0.2, 0) is 10.0 Å². The SMILES string of the molecule is NCC(F)(F)CNS(=O)(=O)c1ccc(F)cc1[N+](=O)[O-]. The zero-order valence-corrected chi connectivity index (χ0v) is 10.7. The summed E-state index contributed by atoms with van der Waals surface area (Å²) in [5.74, 6) is -4.52.